The van der Waals surface area contributed by atoms with Crippen molar-refractivity contribution in [1.82, 2.24) is 0 Å². The molecule has 100 valence electrons. The minimum Gasteiger partial charge on any atom is -0.491 e. The van der Waals surface area contributed by atoms with Gasteiger partial charge in [0, 0.05) is 11.8 Å². The molecule has 0 radical (unpaired) electrons. The largest absolute Gasteiger partial charge is 0.491 e. The quantitative estimate of drug-likeness (QED) is 0.890. The number of ether oxygens (including phenoxy) is 1. The maximum absolute atomic E-state index is 11.8. The fourth-order valence-electron chi connectivity index (χ4n) is 1.56. The van der Waals surface area contributed by atoms with Crippen molar-refractivity contribution < 1.29 is 13.9 Å². The fourth-order valence-corrected chi connectivity index (χ4v) is 1.56. The summed E-state index contributed by atoms with van der Waals surface area (Å²) in [5, 5.41) is 2.76. The Morgan fingerprint density at radius 1 is 1.37 bits per heavy atom. The van der Waals surface area contributed by atoms with E-state index in [4.69, 9.17) is 9.15 Å². The van der Waals surface area contributed by atoms with Gasteiger partial charge in [0.05, 0.1) is 12.4 Å². The topological polar surface area (TPSA) is 51.5 Å². The van der Waals surface area contributed by atoms with Crippen LogP contribution in [0.15, 0.2) is 47.1 Å². The van der Waals surface area contributed by atoms with Crippen LogP contribution in [0.2, 0.25) is 0 Å². The molecular weight excluding hydrogens is 242 g/mol. The maximum atomic E-state index is 11.8. The summed E-state index contributed by atoms with van der Waals surface area (Å²) in [7, 11) is 0. The molecule has 0 aliphatic rings. The molecule has 2 aromatic rings. The molecule has 1 aromatic heterocycles. The van der Waals surface area contributed by atoms with Crippen molar-refractivity contribution in [3.05, 3.63) is 48.4 Å². The number of carbonyl (C=O) groups excluding carboxylic acids is 1. The van der Waals surface area contributed by atoms with Crippen LogP contribution in [0.4, 0.5) is 5.69 Å². The summed E-state index contributed by atoms with van der Waals surface area (Å²) in [5.41, 5.74) is 0.683. The SMILES string of the molecule is CC[C@H](C)Oc1cccc(NC(=O)c2ccco2)c1. The van der Waals surface area contributed by atoms with Crippen LogP contribution < -0.4 is 10.1 Å². The van der Waals surface area contributed by atoms with Crippen molar-refractivity contribution in [2.75, 3.05) is 5.32 Å². The summed E-state index contributed by atoms with van der Waals surface area (Å²) in [6, 6.07) is 10.6. The molecule has 1 N–H and O–H groups in total. The average Bonchev–Trinajstić information content (AvgIpc) is 2.93. The van der Waals surface area contributed by atoms with Crippen molar-refractivity contribution in [3.63, 3.8) is 0 Å². The number of benzene rings is 1. The number of carbonyl (C=O) groups is 1. The Balaban J connectivity index is 2.05. The Hall–Kier alpha value is -2.23. The maximum Gasteiger partial charge on any atom is 0.291 e. The van der Waals surface area contributed by atoms with Crippen molar-refractivity contribution in [3.8, 4) is 5.75 Å². The standard InChI is InChI=1S/C15H17NO3/c1-3-11(2)19-13-7-4-6-12(10-13)16-15(17)14-8-5-9-18-14/h4-11H,3H2,1-2H3,(H,16,17)/t11-/m0/s1. The Kier molecular flexibility index (Phi) is 4.23. The van der Waals surface area contributed by atoms with Gasteiger partial charge in [-0.25, -0.2) is 0 Å². The molecule has 19 heavy (non-hydrogen) atoms. The van der Waals surface area contributed by atoms with Gasteiger partial charge in [-0.3, -0.25) is 4.79 Å². The first kappa shape index (κ1) is 13.2. The van der Waals surface area contributed by atoms with Crippen LogP contribution >= 0.6 is 0 Å². The molecule has 0 saturated heterocycles. The zero-order valence-corrected chi connectivity index (χ0v) is 11.1. The zero-order valence-electron chi connectivity index (χ0n) is 11.1. The smallest absolute Gasteiger partial charge is 0.291 e. The second kappa shape index (κ2) is 6.09. The van der Waals surface area contributed by atoms with Gasteiger partial charge in [0.15, 0.2) is 5.76 Å². The predicted molar refractivity (Wildman–Crippen MR) is 73.5 cm³/mol. The van der Waals surface area contributed by atoms with E-state index in [9.17, 15) is 4.79 Å². The van der Waals surface area contributed by atoms with Gasteiger partial charge in [0.25, 0.3) is 5.91 Å². The third-order valence-corrected chi connectivity index (χ3v) is 2.75. The molecule has 0 saturated carbocycles. The van der Waals surface area contributed by atoms with Crippen molar-refractivity contribution in [1.29, 1.82) is 0 Å². The molecule has 1 aromatic carbocycles. The Morgan fingerprint density at radius 3 is 2.89 bits per heavy atom. The minimum absolute atomic E-state index is 0.149. The Morgan fingerprint density at radius 2 is 2.21 bits per heavy atom. The lowest BCUT2D eigenvalue weighted by Crippen LogP contribution is -2.12. The molecule has 4 nitrogen and oxygen atoms in total. The lowest BCUT2D eigenvalue weighted by molar-refractivity contribution is 0.0996. The van der Waals surface area contributed by atoms with Crippen molar-refractivity contribution >= 4 is 11.6 Å². The lowest BCUT2D eigenvalue weighted by Gasteiger charge is -2.13. The van der Waals surface area contributed by atoms with Gasteiger partial charge in [0.2, 0.25) is 0 Å². The van der Waals surface area contributed by atoms with Crippen LogP contribution in [0, 0.1) is 0 Å². The Labute approximate surface area is 112 Å². The number of furan rings is 1. The average molecular weight is 259 g/mol. The molecule has 2 rings (SSSR count). The molecule has 0 fully saturated rings. The number of hydrogen-bond acceptors (Lipinski definition) is 3. The van der Waals surface area contributed by atoms with Crippen LogP contribution in [0.5, 0.6) is 5.75 Å². The molecule has 4 heteroatoms. The molecule has 0 aliphatic carbocycles. The summed E-state index contributed by atoms with van der Waals surface area (Å²) in [6.45, 7) is 4.07. The highest BCUT2D eigenvalue weighted by Gasteiger charge is 2.09. The zero-order chi connectivity index (χ0) is 13.7. The van der Waals surface area contributed by atoms with Crippen LogP contribution in [0.3, 0.4) is 0 Å². The number of anilines is 1. The van der Waals surface area contributed by atoms with E-state index in [1.54, 1.807) is 18.2 Å². The first-order chi connectivity index (χ1) is 9.19. The number of amides is 1. The third-order valence-electron chi connectivity index (χ3n) is 2.75. The lowest BCUT2D eigenvalue weighted by atomic mass is 10.2. The molecule has 1 atom stereocenters. The number of nitrogens with one attached hydrogen (secondary N) is 1. The van der Waals surface area contributed by atoms with Crippen LogP contribution in [0.1, 0.15) is 30.8 Å². The molecule has 0 spiro atoms. The van der Waals surface area contributed by atoms with Crippen LogP contribution in [-0.4, -0.2) is 12.0 Å². The van der Waals surface area contributed by atoms with Crippen LogP contribution in [-0.2, 0) is 0 Å². The summed E-state index contributed by atoms with van der Waals surface area (Å²) in [6.07, 6.45) is 2.55. The van der Waals surface area contributed by atoms with Gasteiger partial charge in [-0.1, -0.05) is 13.0 Å². The van der Waals surface area contributed by atoms with Gasteiger partial charge in [-0.2, -0.15) is 0 Å². The third kappa shape index (κ3) is 3.61. The summed E-state index contributed by atoms with van der Waals surface area (Å²) in [5.74, 6) is 0.755. The van der Waals surface area contributed by atoms with E-state index in [1.807, 2.05) is 25.1 Å². The first-order valence-electron chi connectivity index (χ1n) is 6.30. The number of rotatable bonds is 5. The second-order valence-electron chi connectivity index (χ2n) is 4.30. The number of hydrogen-bond donors (Lipinski definition) is 1. The van der Waals surface area contributed by atoms with E-state index < -0.39 is 0 Å². The molecule has 0 bridgehead atoms. The van der Waals surface area contributed by atoms with E-state index in [0.29, 0.717) is 5.69 Å². The van der Waals surface area contributed by atoms with Crippen molar-refractivity contribution in [2.45, 2.75) is 26.4 Å². The van der Waals surface area contributed by atoms with E-state index in [0.717, 1.165) is 12.2 Å². The van der Waals surface area contributed by atoms with E-state index in [2.05, 4.69) is 12.2 Å². The van der Waals surface area contributed by atoms with Gasteiger partial charge in [-0.15, -0.1) is 0 Å². The molecule has 0 aliphatic heterocycles. The first-order valence-corrected chi connectivity index (χ1v) is 6.30. The summed E-state index contributed by atoms with van der Waals surface area (Å²) in [4.78, 5) is 11.8. The highest BCUT2D eigenvalue weighted by Crippen LogP contribution is 2.19. The molecule has 0 unspecified atom stereocenters. The Bertz CT molecular complexity index is 534. The van der Waals surface area contributed by atoms with E-state index in [1.165, 1.54) is 6.26 Å². The van der Waals surface area contributed by atoms with Crippen molar-refractivity contribution in [2.24, 2.45) is 0 Å². The molecule has 1 heterocycles. The summed E-state index contributed by atoms with van der Waals surface area (Å²) >= 11 is 0. The minimum atomic E-state index is -0.273. The molecular formula is C15H17NO3. The van der Waals surface area contributed by atoms with Gasteiger partial charge >= 0.3 is 0 Å². The van der Waals surface area contributed by atoms with Gasteiger partial charge in [0.1, 0.15) is 5.75 Å². The monoisotopic (exact) mass is 259 g/mol. The normalized spacial score (nSPS) is 11.9. The highest BCUT2D eigenvalue weighted by atomic mass is 16.5. The van der Waals surface area contributed by atoms with E-state index in [-0.39, 0.29) is 17.8 Å². The van der Waals surface area contributed by atoms with E-state index >= 15 is 0 Å². The summed E-state index contributed by atoms with van der Waals surface area (Å²) < 4.78 is 10.7. The predicted octanol–water partition coefficient (Wildman–Crippen LogP) is 3.71. The molecule has 1 amide bonds. The highest BCUT2D eigenvalue weighted by molar-refractivity contribution is 6.02. The second-order valence-corrected chi connectivity index (χ2v) is 4.30. The van der Waals surface area contributed by atoms with Gasteiger partial charge < -0.3 is 14.5 Å². The van der Waals surface area contributed by atoms with Gasteiger partial charge in [-0.05, 0) is 37.6 Å². The fraction of sp³-hybridized carbons (Fsp3) is 0.267. The van der Waals surface area contributed by atoms with Crippen LogP contribution in [0.25, 0.3) is 0 Å².